The second-order valence-electron chi connectivity index (χ2n) is 7.13. The van der Waals surface area contributed by atoms with E-state index in [-0.39, 0.29) is 24.6 Å². The maximum absolute atomic E-state index is 13.1. The number of para-hydroxylation sites is 1. The van der Waals surface area contributed by atoms with Gasteiger partial charge in [0.1, 0.15) is 0 Å². The van der Waals surface area contributed by atoms with Crippen molar-refractivity contribution >= 4 is 16.8 Å². The number of piperazine rings is 1. The van der Waals surface area contributed by atoms with Crippen molar-refractivity contribution in [3.8, 4) is 0 Å². The molecule has 1 saturated heterocycles. The highest BCUT2D eigenvalue weighted by atomic mass is 16.3. The summed E-state index contributed by atoms with van der Waals surface area (Å²) < 4.78 is 0. The number of fused-ring (bicyclic) bond motifs is 1. The minimum absolute atomic E-state index is 0.0273. The van der Waals surface area contributed by atoms with E-state index in [0.717, 1.165) is 28.6 Å². The summed E-state index contributed by atoms with van der Waals surface area (Å²) in [6.07, 6.45) is 3.30. The Morgan fingerprint density at radius 1 is 1.11 bits per heavy atom. The molecule has 0 spiro atoms. The van der Waals surface area contributed by atoms with E-state index < -0.39 is 0 Å². The molecule has 1 aliphatic rings. The van der Waals surface area contributed by atoms with Crippen molar-refractivity contribution < 1.29 is 9.90 Å². The molecular formula is C22H25N3O2. The van der Waals surface area contributed by atoms with Crippen molar-refractivity contribution in [1.82, 2.24) is 15.2 Å². The van der Waals surface area contributed by atoms with Gasteiger partial charge in [0.05, 0.1) is 18.7 Å². The van der Waals surface area contributed by atoms with Crippen LogP contribution in [0.3, 0.4) is 0 Å². The summed E-state index contributed by atoms with van der Waals surface area (Å²) in [4.78, 5) is 18.2. The molecule has 0 saturated carbocycles. The van der Waals surface area contributed by atoms with Crippen LogP contribution in [0, 0.1) is 0 Å². The summed E-state index contributed by atoms with van der Waals surface area (Å²) >= 11 is 0. The largest absolute Gasteiger partial charge is 0.394 e. The zero-order chi connectivity index (χ0) is 18.6. The van der Waals surface area contributed by atoms with Gasteiger partial charge in [-0.1, -0.05) is 48.5 Å². The zero-order valence-electron chi connectivity index (χ0n) is 15.3. The maximum Gasteiger partial charge on any atom is 0.240 e. The number of aliphatic hydroxyl groups is 1. The summed E-state index contributed by atoms with van der Waals surface area (Å²) in [6, 6.07) is 17.7. The average molecular weight is 363 g/mol. The van der Waals surface area contributed by atoms with Crippen LogP contribution in [-0.2, 0) is 17.6 Å². The van der Waals surface area contributed by atoms with Crippen molar-refractivity contribution in [1.29, 1.82) is 0 Å². The van der Waals surface area contributed by atoms with E-state index in [1.807, 2.05) is 59.6 Å². The lowest BCUT2D eigenvalue weighted by Gasteiger charge is -2.38. The Bertz CT molecular complexity index is 906. The van der Waals surface area contributed by atoms with Gasteiger partial charge in [-0.25, -0.2) is 0 Å². The Hall–Kier alpha value is -2.63. The molecule has 140 valence electrons. The van der Waals surface area contributed by atoms with Crippen molar-refractivity contribution in [2.24, 2.45) is 0 Å². The second kappa shape index (κ2) is 7.94. The lowest BCUT2D eigenvalue weighted by atomic mass is 9.99. The van der Waals surface area contributed by atoms with Crippen LogP contribution in [0.25, 0.3) is 10.9 Å². The number of aromatic nitrogens is 1. The van der Waals surface area contributed by atoms with E-state index in [4.69, 9.17) is 0 Å². The highest BCUT2D eigenvalue weighted by molar-refractivity contribution is 5.86. The molecule has 0 aliphatic carbocycles. The average Bonchev–Trinajstić information content (AvgIpc) is 3.12. The Balaban J connectivity index is 1.50. The zero-order valence-corrected chi connectivity index (χ0v) is 15.3. The second-order valence-corrected chi connectivity index (χ2v) is 7.13. The van der Waals surface area contributed by atoms with E-state index in [1.54, 1.807) is 0 Å². The fourth-order valence-corrected chi connectivity index (χ4v) is 3.96. The number of nitrogens with zero attached hydrogens (tertiary/aromatic N) is 1. The van der Waals surface area contributed by atoms with E-state index >= 15 is 0 Å². The fraction of sp³-hybridized carbons (Fsp3) is 0.318. The Kier molecular flexibility index (Phi) is 5.23. The molecule has 2 aromatic carbocycles. The molecule has 5 heteroatoms. The monoisotopic (exact) mass is 363 g/mol. The van der Waals surface area contributed by atoms with Crippen LogP contribution in [0.5, 0.6) is 0 Å². The molecule has 0 radical (unpaired) electrons. The number of rotatable bonds is 6. The normalized spacial score (nSPS) is 18.8. The number of benzene rings is 2. The van der Waals surface area contributed by atoms with Gasteiger partial charge in [0, 0.05) is 30.2 Å². The number of aromatic amines is 1. The summed E-state index contributed by atoms with van der Waals surface area (Å²) in [5, 5.41) is 14.4. The first-order chi connectivity index (χ1) is 13.3. The van der Waals surface area contributed by atoms with Gasteiger partial charge in [-0.05, 0) is 30.0 Å². The van der Waals surface area contributed by atoms with Crippen molar-refractivity contribution in [2.45, 2.75) is 24.9 Å². The smallest absolute Gasteiger partial charge is 0.240 e. The number of aliphatic hydroxyl groups excluding tert-OH is 1. The quantitative estimate of drug-likeness (QED) is 0.628. The van der Waals surface area contributed by atoms with Gasteiger partial charge in [0.2, 0.25) is 5.91 Å². The van der Waals surface area contributed by atoms with Gasteiger partial charge >= 0.3 is 0 Å². The Morgan fingerprint density at radius 2 is 1.89 bits per heavy atom. The number of hydrogen-bond acceptors (Lipinski definition) is 3. The summed E-state index contributed by atoms with van der Waals surface area (Å²) in [7, 11) is 0. The van der Waals surface area contributed by atoms with Crippen LogP contribution in [0.15, 0.2) is 60.8 Å². The number of carbonyl (C=O) groups is 1. The standard InChI is InChI=1S/C22H25N3O2/c26-15-18(12-16-6-2-1-3-7-16)25-11-10-23-21(22(25)27)13-17-14-24-20-9-5-4-8-19(17)20/h1-9,14,18,21,23-24,26H,10-13,15H2/t18-,21+/m0/s1. The third-order valence-corrected chi connectivity index (χ3v) is 5.39. The van der Waals surface area contributed by atoms with E-state index in [1.165, 1.54) is 0 Å². The highest BCUT2D eigenvalue weighted by Crippen LogP contribution is 2.21. The number of carbonyl (C=O) groups excluding carboxylic acids is 1. The maximum atomic E-state index is 13.1. The highest BCUT2D eigenvalue weighted by Gasteiger charge is 2.33. The third-order valence-electron chi connectivity index (χ3n) is 5.39. The molecule has 3 N–H and O–H groups in total. The molecule has 5 nitrogen and oxygen atoms in total. The molecule has 1 aliphatic heterocycles. The molecule has 4 rings (SSSR count). The van der Waals surface area contributed by atoms with Crippen molar-refractivity contribution in [3.05, 3.63) is 71.9 Å². The van der Waals surface area contributed by atoms with E-state index in [2.05, 4.69) is 16.4 Å². The first-order valence-corrected chi connectivity index (χ1v) is 9.50. The first-order valence-electron chi connectivity index (χ1n) is 9.50. The molecule has 2 atom stereocenters. The Labute approximate surface area is 159 Å². The summed E-state index contributed by atoms with van der Waals surface area (Å²) in [5.74, 6) is 0.0708. The van der Waals surface area contributed by atoms with Gasteiger partial charge in [0.25, 0.3) is 0 Å². The lowest BCUT2D eigenvalue weighted by molar-refractivity contribution is -0.139. The van der Waals surface area contributed by atoms with Gasteiger partial charge in [-0.3, -0.25) is 4.79 Å². The number of H-pyrrole nitrogens is 1. The van der Waals surface area contributed by atoms with Crippen molar-refractivity contribution in [3.63, 3.8) is 0 Å². The molecule has 0 unspecified atom stereocenters. The number of amides is 1. The lowest BCUT2D eigenvalue weighted by Crippen LogP contribution is -2.59. The van der Waals surface area contributed by atoms with Crippen LogP contribution in [0.2, 0.25) is 0 Å². The van der Waals surface area contributed by atoms with Crippen LogP contribution >= 0.6 is 0 Å². The minimum atomic E-state index is -0.261. The topological polar surface area (TPSA) is 68.4 Å². The van der Waals surface area contributed by atoms with Crippen molar-refractivity contribution in [2.75, 3.05) is 19.7 Å². The molecular weight excluding hydrogens is 338 g/mol. The van der Waals surface area contributed by atoms with E-state index in [9.17, 15) is 9.90 Å². The predicted molar refractivity (Wildman–Crippen MR) is 107 cm³/mol. The van der Waals surface area contributed by atoms with Gasteiger partial charge in [-0.2, -0.15) is 0 Å². The molecule has 0 bridgehead atoms. The minimum Gasteiger partial charge on any atom is -0.394 e. The predicted octanol–water partition coefficient (Wildman–Crippen LogP) is 2.11. The first kappa shape index (κ1) is 17.8. The van der Waals surface area contributed by atoms with E-state index in [0.29, 0.717) is 19.4 Å². The van der Waals surface area contributed by atoms with Gasteiger partial charge in [-0.15, -0.1) is 0 Å². The molecule has 3 aromatic rings. The SMILES string of the molecule is O=C1[C@@H](Cc2c[nH]c3ccccc23)NCCN1[C@H](CO)Cc1ccccc1. The number of nitrogens with one attached hydrogen (secondary N) is 2. The van der Waals surface area contributed by atoms with Crippen LogP contribution in [-0.4, -0.2) is 52.7 Å². The molecule has 2 heterocycles. The van der Waals surface area contributed by atoms with Gasteiger partial charge < -0.3 is 20.3 Å². The third kappa shape index (κ3) is 3.75. The summed E-state index contributed by atoms with van der Waals surface area (Å²) in [5.41, 5.74) is 3.36. The molecule has 1 fully saturated rings. The fourth-order valence-electron chi connectivity index (χ4n) is 3.96. The van der Waals surface area contributed by atoms with Gasteiger partial charge in [0.15, 0.2) is 0 Å². The molecule has 27 heavy (non-hydrogen) atoms. The summed E-state index contributed by atoms with van der Waals surface area (Å²) in [6.45, 7) is 1.34. The molecule has 1 aromatic heterocycles. The van der Waals surface area contributed by atoms with Crippen LogP contribution < -0.4 is 5.32 Å². The number of hydrogen-bond donors (Lipinski definition) is 3. The van der Waals surface area contributed by atoms with Crippen LogP contribution in [0.4, 0.5) is 0 Å². The van der Waals surface area contributed by atoms with Crippen LogP contribution in [0.1, 0.15) is 11.1 Å². The Morgan fingerprint density at radius 3 is 2.70 bits per heavy atom. The molecule has 1 amide bonds.